The number of benzene rings is 1. The van der Waals surface area contributed by atoms with E-state index in [1.54, 1.807) is 0 Å². The van der Waals surface area contributed by atoms with Crippen LogP contribution in [0.3, 0.4) is 0 Å². The van der Waals surface area contributed by atoms with Gasteiger partial charge in [-0.15, -0.1) is 12.4 Å². The fourth-order valence-corrected chi connectivity index (χ4v) is 2.26. The van der Waals surface area contributed by atoms with E-state index in [0.717, 1.165) is 38.2 Å². The lowest BCUT2D eigenvalue weighted by Crippen LogP contribution is -2.48. The number of hydrogen-bond donors (Lipinski definition) is 2. The Hall–Kier alpha value is -1.30. The molecule has 2 N–H and O–H groups in total. The molecule has 1 aromatic carbocycles. The molecule has 0 aliphatic carbocycles. The van der Waals surface area contributed by atoms with Crippen molar-refractivity contribution in [3.63, 3.8) is 0 Å². The summed E-state index contributed by atoms with van der Waals surface area (Å²) in [5, 5.41) is 6.07. The average Bonchev–Trinajstić information content (AvgIpc) is 2.57. The summed E-state index contributed by atoms with van der Waals surface area (Å²) in [7, 11) is 0. The van der Waals surface area contributed by atoms with Crippen LogP contribution in [-0.2, 0) is 16.0 Å². The van der Waals surface area contributed by atoms with Crippen molar-refractivity contribution in [1.82, 2.24) is 10.6 Å². The highest BCUT2D eigenvalue weighted by Crippen LogP contribution is 2.13. The molecule has 6 heteroatoms. The van der Waals surface area contributed by atoms with Crippen molar-refractivity contribution in [1.29, 1.82) is 0 Å². The third kappa shape index (κ3) is 7.20. The minimum atomic E-state index is -0.358. The Balaban J connectivity index is 0.00000264. The number of morpholine rings is 1. The number of hydrogen-bond acceptors (Lipinski definition) is 4. The lowest BCUT2D eigenvalue weighted by atomic mass is 10.1. The lowest BCUT2D eigenvalue weighted by Gasteiger charge is -2.22. The molecule has 1 atom stereocenters. The summed E-state index contributed by atoms with van der Waals surface area (Å²) < 4.78 is 11.0. The number of amides is 1. The SMILES string of the molecule is CCCCOc1ccc(CCNC(=O)C2CNCCO2)cc1.Cl. The quantitative estimate of drug-likeness (QED) is 0.709. The van der Waals surface area contributed by atoms with Gasteiger partial charge in [-0.25, -0.2) is 0 Å². The smallest absolute Gasteiger partial charge is 0.250 e. The number of rotatable bonds is 8. The van der Waals surface area contributed by atoms with Crippen LogP contribution in [-0.4, -0.2) is 44.9 Å². The lowest BCUT2D eigenvalue weighted by molar-refractivity contribution is -0.134. The third-order valence-corrected chi connectivity index (χ3v) is 3.62. The van der Waals surface area contributed by atoms with E-state index in [2.05, 4.69) is 17.6 Å². The fourth-order valence-electron chi connectivity index (χ4n) is 2.26. The molecular formula is C17H27ClN2O3. The second-order valence-electron chi connectivity index (χ2n) is 5.45. The van der Waals surface area contributed by atoms with Crippen molar-refractivity contribution in [3.05, 3.63) is 29.8 Å². The standard InChI is InChI=1S/C17H26N2O3.ClH/c1-2-3-11-21-15-6-4-14(5-7-15)8-9-19-17(20)16-13-18-10-12-22-16;/h4-7,16,18H,2-3,8-13H2,1H3,(H,19,20);1H. The molecule has 5 nitrogen and oxygen atoms in total. The van der Waals surface area contributed by atoms with Crippen molar-refractivity contribution < 1.29 is 14.3 Å². The number of nitrogens with one attached hydrogen (secondary N) is 2. The van der Waals surface area contributed by atoms with Gasteiger partial charge in [0.1, 0.15) is 11.9 Å². The summed E-state index contributed by atoms with van der Waals surface area (Å²) in [6.45, 7) is 5.54. The van der Waals surface area contributed by atoms with E-state index in [9.17, 15) is 4.79 Å². The van der Waals surface area contributed by atoms with Crippen LogP contribution in [0.1, 0.15) is 25.3 Å². The van der Waals surface area contributed by atoms with Gasteiger partial charge in [0.25, 0.3) is 0 Å². The topological polar surface area (TPSA) is 59.6 Å². The minimum Gasteiger partial charge on any atom is -0.494 e. The average molecular weight is 343 g/mol. The Morgan fingerprint density at radius 3 is 2.83 bits per heavy atom. The molecule has 0 spiro atoms. The molecule has 0 aromatic heterocycles. The van der Waals surface area contributed by atoms with Gasteiger partial charge in [0.2, 0.25) is 5.91 Å². The molecule has 1 unspecified atom stereocenters. The highest BCUT2D eigenvalue weighted by molar-refractivity contribution is 5.85. The van der Waals surface area contributed by atoms with Crippen LogP contribution in [0.2, 0.25) is 0 Å². The fraction of sp³-hybridized carbons (Fsp3) is 0.588. The zero-order valence-corrected chi connectivity index (χ0v) is 14.5. The first-order valence-electron chi connectivity index (χ1n) is 8.11. The van der Waals surface area contributed by atoms with Crippen LogP contribution in [0.15, 0.2) is 24.3 Å². The first-order chi connectivity index (χ1) is 10.8. The summed E-state index contributed by atoms with van der Waals surface area (Å²) in [6.07, 6.45) is 2.66. The van der Waals surface area contributed by atoms with E-state index in [1.807, 2.05) is 24.3 Å². The molecule has 0 radical (unpaired) electrons. The number of halogens is 1. The molecule has 1 aromatic rings. The van der Waals surface area contributed by atoms with Crippen molar-refractivity contribution in [2.75, 3.05) is 32.8 Å². The van der Waals surface area contributed by atoms with Crippen molar-refractivity contribution in [2.45, 2.75) is 32.3 Å². The van der Waals surface area contributed by atoms with Crippen LogP contribution < -0.4 is 15.4 Å². The van der Waals surface area contributed by atoms with Crippen LogP contribution in [0.25, 0.3) is 0 Å². The molecular weight excluding hydrogens is 316 g/mol. The van der Waals surface area contributed by atoms with Crippen molar-refractivity contribution in [2.24, 2.45) is 0 Å². The zero-order valence-electron chi connectivity index (χ0n) is 13.7. The predicted molar refractivity (Wildman–Crippen MR) is 93.4 cm³/mol. The molecule has 1 heterocycles. The second kappa shape index (κ2) is 11.3. The number of unbranched alkanes of at least 4 members (excludes halogenated alkanes) is 1. The Morgan fingerprint density at radius 1 is 1.39 bits per heavy atom. The van der Waals surface area contributed by atoms with E-state index in [4.69, 9.17) is 9.47 Å². The van der Waals surface area contributed by atoms with Gasteiger partial charge in [-0.2, -0.15) is 0 Å². The van der Waals surface area contributed by atoms with Crippen LogP contribution in [0.4, 0.5) is 0 Å². The molecule has 1 saturated heterocycles. The maximum atomic E-state index is 11.9. The van der Waals surface area contributed by atoms with Gasteiger partial charge in [0, 0.05) is 19.6 Å². The van der Waals surface area contributed by atoms with Crippen molar-refractivity contribution in [3.8, 4) is 5.75 Å². The summed E-state index contributed by atoms with van der Waals surface area (Å²) in [5.74, 6) is 0.870. The highest BCUT2D eigenvalue weighted by Gasteiger charge is 2.20. The minimum absolute atomic E-state index is 0. The first kappa shape index (κ1) is 19.7. The molecule has 130 valence electrons. The molecule has 0 saturated carbocycles. The highest BCUT2D eigenvalue weighted by atomic mass is 35.5. The molecule has 23 heavy (non-hydrogen) atoms. The number of carbonyl (C=O) groups excluding carboxylic acids is 1. The van der Waals surface area contributed by atoms with Gasteiger partial charge >= 0.3 is 0 Å². The van der Waals surface area contributed by atoms with E-state index in [0.29, 0.717) is 19.7 Å². The van der Waals surface area contributed by atoms with E-state index >= 15 is 0 Å². The van der Waals surface area contributed by atoms with Crippen LogP contribution >= 0.6 is 12.4 Å². The largest absolute Gasteiger partial charge is 0.494 e. The molecule has 0 bridgehead atoms. The molecule has 1 aliphatic rings. The zero-order chi connectivity index (χ0) is 15.6. The van der Waals surface area contributed by atoms with Crippen LogP contribution in [0.5, 0.6) is 5.75 Å². The maximum absolute atomic E-state index is 11.9. The van der Waals surface area contributed by atoms with Gasteiger partial charge in [0.05, 0.1) is 13.2 Å². The van der Waals surface area contributed by atoms with Crippen molar-refractivity contribution >= 4 is 18.3 Å². The molecule has 2 rings (SSSR count). The summed E-state index contributed by atoms with van der Waals surface area (Å²) >= 11 is 0. The van der Waals surface area contributed by atoms with E-state index < -0.39 is 0 Å². The number of ether oxygens (including phenoxy) is 2. The van der Waals surface area contributed by atoms with E-state index in [1.165, 1.54) is 5.56 Å². The Kier molecular flexibility index (Phi) is 9.67. The van der Waals surface area contributed by atoms with Crippen LogP contribution in [0, 0.1) is 0 Å². The van der Waals surface area contributed by atoms with Gasteiger partial charge in [-0.05, 0) is 30.5 Å². The number of carbonyl (C=O) groups is 1. The normalized spacial score (nSPS) is 17.2. The Morgan fingerprint density at radius 2 is 2.17 bits per heavy atom. The Bertz CT molecular complexity index is 448. The van der Waals surface area contributed by atoms with Gasteiger partial charge in [-0.1, -0.05) is 25.5 Å². The summed E-state index contributed by atoms with van der Waals surface area (Å²) in [4.78, 5) is 11.9. The van der Waals surface area contributed by atoms with Gasteiger partial charge in [0.15, 0.2) is 0 Å². The van der Waals surface area contributed by atoms with Gasteiger partial charge < -0.3 is 20.1 Å². The molecule has 1 aliphatic heterocycles. The summed E-state index contributed by atoms with van der Waals surface area (Å²) in [5.41, 5.74) is 1.19. The van der Waals surface area contributed by atoms with Gasteiger partial charge in [-0.3, -0.25) is 4.79 Å². The molecule has 1 fully saturated rings. The van der Waals surface area contributed by atoms with E-state index in [-0.39, 0.29) is 24.4 Å². The third-order valence-electron chi connectivity index (χ3n) is 3.62. The first-order valence-corrected chi connectivity index (χ1v) is 8.11. The predicted octanol–water partition coefficient (Wildman–Crippen LogP) is 1.93. The second-order valence-corrected chi connectivity index (χ2v) is 5.45. The maximum Gasteiger partial charge on any atom is 0.250 e. The monoisotopic (exact) mass is 342 g/mol. The Labute approximate surface area is 144 Å². The molecule has 1 amide bonds. The summed E-state index contributed by atoms with van der Waals surface area (Å²) in [6, 6.07) is 8.07.